The number of nitrogens with zero attached hydrogens (tertiary/aromatic N) is 2. The third kappa shape index (κ3) is 2.87. The molecule has 2 fully saturated rings. The third-order valence-corrected chi connectivity index (χ3v) is 3.25. The van der Waals surface area contributed by atoms with Gasteiger partial charge in [0.1, 0.15) is 0 Å². The Labute approximate surface area is 109 Å². The van der Waals surface area contributed by atoms with Gasteiger partial charge < -0.3 is 30.6 Å². The van der Waals surface area contributed by atoms with Crippen LogP contribution in [-0.2, 0) is 4.79 Å². The molecule has 0 bridgehead atoms. The summed E-state index contributed by atoms with van der Waals surface area (Å²) in [4.78, 5) is 36.7. The average Bonchev–Trinajstić information content (AvgIpc) is 2.76. The van der Waals surface area contributed by atoms with Crippen LogP contribution in [0.15, 0.2) is 0 Å². The van der Waals surface area contributed by atoms with Crippen molar-refractivity contribution in [3.8, 4) is 0 Å². The highest BCUT2D eigenvalue weighted by Gasteiger charge is 2.36. The quantitative estimate of drug-likeness (QED) is 0.466. The van der Waals surface area contributed by atoms with Crippen LogP contribution in [0, 0.1) is 0 Å². The molecule has 2 rings (SSSR count). The Bertz CT molecular complexity index is 401. The van der Waals surface area contributed by atoms with Crippen LogP contribution in [-0.4, -0.2) is 82.9 Å². The van der Waals surface area contributed by atoms with E-state index in [4.69, 9.17) is 10.2 Å². The number of carbonyl (C=O) groups is 3. The number of urea groups is 2. The molecule has 0 aromatic rings. The van der Waals surface area contributed by atoms with Crippen molar-refractivity contribution in [1.29, 1.82) is 0 Å². The number of hydrogen-bond acceptors (Lipinski definition) is 4. The largest absolute Gasteiger partial charge is 0.479 e. The van der Waals surface area contributed by atoms with Gasteiger partial charge in [-0.3, -0.25) is 0 Å². The summed E-state index contributed by atoms with van der Waals surface area (Å²) in [6.45, 7) is 1.40. The van der Waals surface area contributed by atoms with E-state index < -0.39 is 18.1 Å². The number of nitrogens with one attached hydrogen (secondary N) is 2. The Morgan fingerprint density at radius 1 is 1.47 bits per heavy atom. The molecule has 2 saturated heterocycles. The maximum atomic E-state index is 11.8. The number of aliphatic carboxylic acids is 1. The summed E-state index contributed by atoms with van der Waals surface area (Å²) in [5.41, 5.74) is 0. The summed E-state index contributed by atoms with van der Waals surface area (Å²) >= 11 is 0. The van der Waals surface area contributed by atoms with E-state index in [9.17, 15) is 14.4 Å². The van der Waals surface area contributed by atoms with Gasteiger partial charge in [0.15, 0.2) is 6.10 Å². The summed E-state index contributed by atoms with van der Waals surface area (Å²) in [7, 11) is 0. The van der Waals surface area contributed by atoms with Gasteiger partial charge in [0.05, 0.1) is 12.6 Å². The van der Waals surface area contributed by atoms with Gasteiger partial charge in [0, 0.05) is 26.2 Å². The molecule has 9 nitrogen and oxygen atoms in total. The molecule has 9 heteroatoms. The molecule has 4 N–H and O–H groups in total. The first-order valence-electron chi connectivity index (χ1n) is 5.97. The number of amides is 4. The number of carboxylic acid groups (broad SMARTS) is 1. The lowest BCUT2D eigenvalue weighted by molar-refractivity contribution is -0.146. The van der Waals surface area contributed by atoms with E-state index in [1.54, 1.807) is 4.90 Å². The first-order chi connectivity index (χ1) is 8.99. The molecule has 2 aliphatic heterocycles. The zero-order valence-corrected chi connectivity index (χ0v) is 10.2. The Morgan fingerprint density at radius 2 is 2.21 bits per heavy atom. The number of carbonyl (C=O) groups excluding carboxylic acids is 2. The molecule has 1 unspecified atom stereocenters. The molecular formula is C10H16N4O5. The van der Waals surface area contributed by atoms with Gasteiger partial charge >= 0.3 is 18.0 Å². The highest BCUT2D eigenvalue weighted by Crippen LogP contribution is 2.13. The molecule has 0 aliphatic carbocycles. The number of carboxylic acids is 1. The van der Waals surface area contributed by atoms with Crippen molar-refractivity contribution < 1.29 is 24.6 Å². The molecule has 0 spiro atoms. The predicted octanol–water partition coefficient (Wildman–Crippen LogP) is -2.15. The van der Waals surface area contributed by atoms with Gasteiger partial charge in [-0.25, -0.2) is 14.4 Å². The van der Waals surface area contributed by atoms with E-state index in [1.807, 2.05) is 0 Å². The summed E-state index contributed by atoms with van der Waals surface area (Å²) < 4.78 is 0. The lowest BCUT2D eigenvalue weighted by Crippen LogP contribution is -2.56. The van der Waals surface area contributed by atoms with Gasteiger partial charge in [-0.1, -0.05) is 0 Å². The predicted molar refractivity (Wildman–Crippen MR) is 62.5 cm³/mol. The molecule has 0 aromatic heterocycles. The van der Waals surface area contributed by atoms with Crippen molar-refractivity contribution in [2.24, 2.45) is 0 Å². The summed E-state index contributed by atoms with van der Waals surface area (Å²) in [5, 5.41) is 22.6. The summed E-state index contributed by atoms with van der Waals surface area (Å²) in [6, 6.07) is -0.595. The minimum Gasteiger partial charge on any atom is -0.479 e. The smallest absolute Gasteiger partial charge is 0.334 e. The van der Waals surface area contributed by atoms with Gasteiger partial charge in [0.2, 0.25) is 0 Å². The van der Waals surface area contributed by atoms with E-state index in [1.165, 1.54) is 4.90 Å². The van der Waals surface area contributed by atoms with E-state index in [0.717, 1.165) is 0 Å². The highest BCUT2D eigenvalue weighted by molar-refractivity contribution is 5.79. The third-order valence-electron chi connectivity index (χ3n) is 3.25. The number of aliphatic hydroxyl groups excluding tert-OH is 1. The van der Waals surface area contributed by atoms with Crippen molar-refractivity contribution in [1.82, 2.24) is 20.4 Å². The van der Waals surface area contributed by atoms with Crippen molar-refractivity contribution in [3.63, 3.8) is 0 Å². The minimum atomic E-state index is -1.61. The number of rotatable bonds is 3. The van der Waals surface area contributed by atoms with Crippen LogP contribution in [0.5, 0.6) is 0 Å². The van der Waals surface area contributed by atoms with Crippen molar-refractivity contribution in [2.75, 3.05) is 32.7 Å². The van der Waals surface area contributed by atoms with Crippen LogP contribution in [0.3, 0.4) is 0 Å². The van der Waals surface area contributed by atoms with Crippen LogP contribution in [0.25, 0.3) is 0 Å². The first-order valence-corrected chi connectivity index (χ1v) is 5.97. The summed E-state index contributed by atoms with van der Waals surface area (Å²) in [6.07, 6.45) is -1.61. The highest BCUT2D eigenvalue weighted by atomic mass is 16.4. The normalized spacial score (nSPS) is 23.6. The number of piperazine rings is 1. The molecular weight excluding hydrogens is 256 g/mol. The Morgan fingerprint density at radius 3 is 2.89 bits per heavy atom. The van der Waals surface area contributed by atoms with Crippen LogP contribution in [0.4, 0.5) is 9.59 Å². The molecule has 106 valence electrons. The van der Waals surface area contributed by atoms with Gasteiger partial charge in [-0.05, 0) is 0 Å². The first kappa shape index (κ1) is 13.4. The Hall–Kier alpha value is -2.03. The second-order valence-corrected chi connectivity index (χ2v) is 4.52. The van der Waals surface area contributed by atoms with Crippen molar-refractivity contribution in [2.45, 2.75) is 12.1 Å². The topological polar surface area (TPSA) is 122 Å². The van der Waals surface area contributed by atoms with Gasteiger partial charge in [-0.15, -0.1) is 0 Å². The molecule has 2 atom stereocenters. The van der Waals surface area contributed by atoms with E-state index in [0.29, 0.717) is 26.2 Å². The van der Waals surface area contributed by atoms with Crippen LogP contribution >= 0.6 is 0 Å². The molecule has 4 amide bonds. The average molecular weight is 272 g/mol. The summed E-state index contributed by atoms with van der Waals surface area (Å²) in [5.74, 6) is -1.38. The molecule has 0 radical (unpaired) electrons. The molecule has 2 heterocycles. The van der Waals surface area contributed by atoms with Crippen molar-refractivity contribution in [3.05, 3.63) is 0 Å². The fraction of sp³-hybridized carbons (Fsp3) is 0.700. The monoisotopic (exact) mass is 272 g/mol. The Kier molecular flexibility index (Phi) is 3.74. The fourth-order valence-electron chi connectivity index (χ4n) is 2.17. The van der Waals surface area contributed by atoms with Crippen molar-refractivity contribution >= 4 is 18.0 Å². The number of aliphatic hydroxyl groups is 1. The van der Waals surface area contributed by atoms with Crippen LogP contribution < -0.4 is 10.6 Å². The van der Waals surface area contributed by atoms with E-state index in [2.05, 4.69) is 10.6 Å². The molecule has 0 aromatic carbocycles. The maximum Gasteiger partial charge on any atom is 0.334 e. The second-order valence-electron chi connectivity index (χ2n) is 4.52. The van der Waals surface area contributed by atoms with E-state index in [-0.39, 0.29) is 18.6 Å². The standard InChI is InChI=1S/C10H16N4O5/c15-7(8(16)17)4-12-9(18)13-1-2-14-6(5-13)3-11-10(14)19/h6-7,15H,1-5H2,(H,11,19)(H,12,18)(H,16,17)/t6?,7-/m0/s1. The van der Waals surface area contributed by atoms with Gasteiger partial charge in [0.25, 0.3) is 0 Å². The Balaban J connectivity index is 1.81. The lowest BCUT2D eigenvalue weighted by Gasteiger charge is -2.36. The number of hydrogen-bond donors (Lipinski definition) is 4. The molecule has 19 heavy (non-hydrogen) atoms. The molecule has 2 aliphatic rings. The number of fused-ring (bicyclic) bond motifs is 1. The zero-order valence-electron chi connectivity index (χ0n) is 10.2. The van der Waals surface area contributed by atoms with Crippen LogP contribution in [0.1, 0.15) is 0 Å². The maximum absolute atomic E-state index is 11.8. The fourth-order valence-corrected chi connectivity index (χ4v) is 2.17. The SMILES string of the molecule is O=C(O)[C@@H](O)CNC(=O)N1CCN2C(=O)NCC2C1. The van der Waals surface area contributed by atoms with E-state index >= 15 is 0 Å². The lowest BCUT2D eigenvalue weighted by atomic mass is 10.2. The zero-order chi connectivity index (χ0) is 14.0. The molecule has 0 saturated carbocycles. The van der Waals surface area contributed by atoms with Crippen LogP contribution in [0.2, 0.25) is 0 Å². The van der Waals surface area contributed by atoms with Gasteiger partial charge in [-0.2, -0.15) is 0 Å². The second kappa shape index (κ2) is 5.31. The minimum absolute atomic E-state index is 0.0450.